The number of ether oxygens (including phenoxy) is 1. The lowest BCUT2D eigenvalue weighted by atomic mass is 10.1. The Hall–Kier alpha value is -0.290. The molecular formula is C17H33F3O2. The molecule has 1 unspecified atom stereocenters. The average Bonchev–Trinajstić information content (AvgIpc) is 2.46. The third kappa shape index (κ3) is 14.6. The highest BCUT2D eigenvalue weighted by Crippen LogP contribution is 2.24. The Bertz CT molecular complexity index is 232. The Labute approximate surface area is 133 Å². The third-order valence-electron chi connectivity index (χ3n) is 3.79. The van der Waals surface area contributed by atoms with Crippen LogP contribution in [0.1, 0.15) is 84.0 Å². The SMILES string of the molecule is CCCCCOCCCCCCCCCCC(O)C(F)(F)F. The lowest BCUT2D eigenvalue weighted by Gasteiger charge is -2.13. The molecule has 0 fully saturated rings. The van der Waals surface area contributed by atoms with Crippen molar-refractivity contribution in [3.05, 3.63) is 0 Å². The summed E-state index contributed by atoms with van der Waals surface area (Å²) in [6.07, 6.45) is 4.66. The quantitative estimate of drug-likeness (QED) is 0.395. The summed E-state index contributed by atoms with van der Waals surface area (Å²) in [6.45, 7) is 3.90. The molecule has 0 aliphatic heterocycles. The maximum absolute atomic E-state index is 12.1. The molecule has 5 heteroatoms. The minimum Gasteiger partial charge on any atom is -0.384 e. The van der Waals surface area contributed by atoms with Crippen molar-refractivity contribution < 1.29 is 23.0 Å². The first-order valence-corrected chi connectivity index (χ1v) is 8.81. The summed E-state index contributed by atoms with van der Waals surface area (Å²) in [5.74, 6) is 0. The summed E-state index contributed by atoms with van der Waals surface area (Å²) in [7, 11) is 0. The second-order valence-electron chi connectivity index (χ2n) is 5.99. The van der Waals surface area contributed by atoms with E-state index >= 15 is 0 Å². The maximum atomic E-state index is 12.1. The molecule has 0 bridgehead atoms. The Kier molecular flexibility index (Phi) is 14.1. The van der Waals surface area contributed by atoms with Gasteiger partial charge in [-0.3, -0.25) is 0 Å². The molecule has 0 spiro atoms. The van der Waals surface area contributed by atoms with Crippen LogP contribution in [0.2, 0.25) is 0 Å². The van der Waals surface area contributed by atoms with E-state index in [1.54, 1.807) is 0 Å². The number of alkyl halides is 3. The van der Waals surface area contributed by atoms with Gasteiger partial charge in [0.25, 0.3) is 0 Å². The van der Waals surface area contributed by atoms with Crippen LogP contribution in [0.25, 0.3) is 0 Å². The Morgan fingerprint density at radius 3 is 1.73 bits per heavy atom. The fourth-order valence-electron chi connectivity index (χ4n) is 2.32. The zero-order valence-corrected chi connectivity index (χ0v) is 14.0. The van der Waals surface area contributed by atoms with Gasteiger partial charge in [0, 0.05) is 13.2 Å². The van der Waals surface area contributed by atoms with Crippen molar-refractivity contribution in [2.75, 3.05) is 13.2 Å². The number of rotatable bonds is 15. The molecule has 0 saturated heterocycles. The van der Waals surface area contributed by atoms with Gasteiger partial charge in [0.05, 0.1) is 0 Å². The van der Waals surface area contributed by atoms with Crippen LogP contribution in [-0.2, 0) is 4.74 Å². The number of hydrogen-bond acceptors (Lipinski definition) is 2. The van der Waals surface area contributed by atoms with Gasteiger partial charge in [0.1, 0.15) is 6.10 Å². The predicted molar refractivity (Wildman–Crippen MR) is 84.0 cm³/mol. The highest BCUT2D eigenvalue weighted by Gasteiger charge is 2.37. The predicted octanol–water partition coefficient (Wildman–Crippen LogP) is 5.63. The second kappa shape index (κ2) is 14.3. The van der Waals surface area contributed by atoms with Crippen molar-refractivity contribution in [3.8, 4) is 0 Å². The topological polar surface area (TPSA) is 29.5 Å². The highest BCUT2D eigenvalue weighted by atomic mass is 19.4. The number of hydrogen-bond donors (Lipinski definition) is 1. The van der Waals surface area contributed by atoms with Crippen molar-refractivity contribution in [1.29, 1.82) is 0 Å². The number of aliphatic hydroxyl groups excluding tert-OH is 1. The van der Waals surface area contributed by atoms with Crippen LogP contribution in [0, 0.1) is 0 Å². The first kappa shape index (κ1) is 21.7. The molecule has 0 aromatic rings. The van der Waals surface area contributed by atoms with E-state index < -0.39 is 12.3 Å². The van der Waals surface area contributed by atoms with Crippen LogP contribution in [-0.4, -0.2) is 30.6 Å². The van der Waals surface area contributed by atoms with Gasteiger partial charge in [-0.2, -0.15) is 13.2 Å². The molecule has 0 aromatic carbocycles. The van der Waals surface area contributed by atoms with Gasteiger partial charge < -0.3 is 9.84 Å². The summed E-state index contributed by atoms with van der Waals surface area (Å²) >= 11 is 0. The van der Waals surface area contributed by atoms with Crippen LogP contribution >= 0.6 is 0 Å². The Morgan fingerprint density at radius 1 is 0.773 bits per heavy atom. The minimum atomic E-state index is -4.46. The highest BCUT2D eigenvalue weighted by molar-refractivity contribution is 4.64. The van der Waals surface area contributed by atoms with Gasteiger partial charge in [0.2, 0.25) is 0 Å². The van der Waals surface area contributed by atoms with Gasteiger partial charge in [-0.25, -0.2) is 0 Å². The fraction of sp³-hybridized carbons (Fsp3) is 1.00. The molecule has 0 heterocycles. The van der Waals surface area contributed by atoms with E-state index in [0.29, 0.717) is 6.42 Å². The van der Waals surface area contributed by atoms with E-state index in [4.69, 9.17) is 9.84 Å². The molecular weight excluding hydrogens is 293 g/mol. The van der Waals surface area contributed by atoms with Crippen molar-refractivity contribution in [1.82, 2.24) is 0 Å². The zero-order chi connectivity index (χ0) is 16.7. The third-order valence-corrected chi connectivity index (χ3v) is 3.79. The van der Waals surface area contributed by atoms with Crippen LogP contribution in [0.5, 0.6) is 0 Å². The average molecular weight is 326 g/mol. The normalized spacial score (nSPS) is 13.5. The van der Waals surface area contributed by atoms with E-state index in [1.807, 2.05) is 0 Å². The summed E-state index contributed by atoms with van der Waals surface area (Å²) in [5.41, 5.74) is 0. The van der Waals surface area contributed by atoms with Crippen LogP contribution < -0.4 is 0 Å². The van der Waals surface area contributed by atoms with E-state index in [-0.39, 0.29) is 6.42 Å². The minimum absolute atomic E-state index is 0.168. The van der Waals surface area contributed by atoms with Crippen molar-refractivity contribution in [2.24, 2.45) is 0 Å². The first-order valence-electron chi connectivity index (χ1n) is 8.81. The molecule has 0 amide bonds. The molecule has 0 aliphatic rings. The van der Waals surface area contributed by atoms with Gasteiger partial charge in [-0.15, -0.1) is 0 Å². The lowest BCUT2D eigenvalue weighted by molar-refractivity contribution is -0.205. The number of halogens is 3. The van der Waals surface area contributed by atoms with Crippen molar-refractivity contribution in [3.63, 3.8) is 0 Å². The van der Waals surface area contributed by atoms with E-state index in [1.165, 1.54) is 25.7 Å². The summed E-state index contributed by atoms with van der Waals surface area (Å²) in [4.78, 5) is 0. The van der Waals surface area contributed by atoms with E-state index in [9.17, 15) is 13.2 Å². The van der Waals surface area contributed by atoms with Gasteiger partial charge in [0.15, 0.2) is 0 Å². The standard InChI is InChI=1S/C17H33F3O2/c1-2-3-11-14-22-15-12-9-7-5-4-6-8-10-13-16(21)17(18,19)20/h16,21H,2-15H2,1H3. The molecule has 0 radical (unpaired) electrons. The maximum Gasteiger partial charge on any atom is 0.414 e. The fourth-order valence-corrected chi connectivity index (χ4v) is 2.32. The number of aliphatic hydroxyl groups is 1. The number of unbranched alkanes of at least 4 members (excludes halogenated alkanes) is 9. The zero-order valence-electron chi connectivity index (χ0n) is 14.0. The molecule has 0 aliphatic carbocycles. The smallest absolute Gasteiger partial charge is 0.384 e. The molecule has 134 valence electrons. The van der Waals surface area contributed by atoms with Crippen molar-refractivity contribution in [2.45, 2.75) is 96.3 Å². The van der Waals surface area contributed by atoms with Gasteiger partial charge in [-0.1, -0.05) is 64.7 Å². The summed E-state index contributed by atoms with van der Waals surface area (Å²) < 4.78 is 41.7. The van der Waals surface area contributed by atoms with E-state index in [2.05, 4.69) is 6.92 Å². The van der Waals surface area contributed by atoms with E-state index in [0.717, 1.165) is 51.7 Å². The molecule has 0 saturated carbocycles. The van der Waals surface area contributed by atoms with Crippen LogP contribution in [0.15, 0.2) is 0 Å². The van der Waals surface area contributed by atoms with Gasteiger partial charge in [-0.05, 0) is 19.3 Å². The van der Waals surface area contributed by atoms with Crippen LogP contribution in [0.4, 0.5) is 13.2 Å². The second-order valence-corrected chi connectivity index (χ2v) is 5.99. The molecule has 22 heavy (non-hydrogen) atoms. The summed E-state index contributed by atoms with van der Waals surface area (Å²) in [5, 5.41) is 8.84. The lowest BCUT2D eigenvalue weighted by Crippen LogP contribution is -2.28. The molecule has 0 aromatic heterocycles. The molecule has 1 N–H and O–H groups in total. The van der Waals surface area contributed by atoms with Crippen molar-refractivity contribution >= 4 is 0 Å². The van der Waals surface area contributed by atoms with Crippen LogP contribution in [0.3, 0.4) is 0 Å². The Balaban J connectivity index is 3.12. The molecule has 0 rings (SSSR count). The first-order chi connectivity index (χ1) is 10.5. The largest absolute Gasteiger partial charge is 0.414 e. The monoisotopic (exact) mass is 326 g/mol. The Morgan fingerprint density at radius 2 is 1.23 bits per heavy atom. The molecule has 1 atom stereocenters. The summed E-state index contributed by atoms with van der Waals surface area (Å²) in [6, 6.07) is 0. The molecule has 2 nitrogen and oxygen atoms in total. The van der Waals surface area contributed by atoms with Gasteiger partial charge >= 0.3 is 6.18 Å².